The summed E-state index contributed by atoms with van der Waals surface area (Å²) in [5.74, 6) is 0. The summed E-state index contributed by atoms with van der Waals surface area (Å²) < 4.78 is 0. The standard InChI is InChI=1S/C11H14N2/c1-3-9-5-8-4-7(2)10(12)6-11(8)13-9/h4-6,13H,3,12H2,1-2H3. The van der Waals surface area contributed by atoms with Gasteiger partial charge < -0.3 is 10.7 Å². The van der Waals surface area contributed by atoms with Gasteiger partial charge in [-0.15, -0.1) is 0 Å². The van der Waals surface area contributed by atoms with Crippen LogP contribution in [0.2, 0.25) is 0 Å². The van der Waals surface area contributed by atoms with E-state index in [-0.39, 0.29) is 0 Å². The van der Waals surface area contributed by atoms with Crippen LogP contribution in [0.4, 0.5) is 5.69 Å². The molecule has 0 fully saturated rings. The zero-order valence-electron chi connectivity index (χ0n) is 8.02. The molecule has 1 aromatic carbocycles. The van der Waals surface area contributed by atoms with Crippen LogP contribution in [0, 0.1) is 6.92 Å². The van der Waals surface area contributed by atoms with E-state index in [9.17, 15) is 0 Å². The van der Waals surface area contributed by atoms with Crippen LogP contribution in [0.3, 0.4) is 0 Å². The highest BCUT2D eigenvalue weighted by atomic mass is 14.7. The fourth-order valence-electron chi connectivity index (χ4n) is 1.56. The molecule has 0 saturated carbocycles. The normalized spacial score (nSPS) is 10.9. The van der Waals surface area contributed by atoms with Crippen molar-refractivity contribution in [2.75, 3.05) is 5.73 Å². The number of benzene rings is 1. The van der Waals surface area contributed by atoms with E-state index < -0.39 is 0 Å². The second-order valence-corrected chi connectivity index (χ2v) is 3.44. The zero-order valence-corrected chi connectivity index (χ0v) is 8.02. The van der Waals surface area contributed by atoms with Crippen LogP contribution in [0.25, 0.3) is 10.9 Å². The van der Waals surface area contributed by atoms with Crippen molar-refractivity contribution < 1.29 is 0 Å². The first kappa shape index (κ1) is 8.17. The molecule has 2 rings (SSSR count). The largest absolute Gasteiger partial charge is 0.398 e. The van der Waals surface area contributed by atoms with E-state index in [1.807, 2.05) is 13.0 Å². The van der Waals surface area contributed by atoms with Gasteiger partial charge in [-0.3, -0.25) is 0 Å². The molecule has 0 spiro atoms. The van der Waals surface area contributed by atoms with Crippen LogP contribution in [0.1, 0.15) is 18.2 Å². The number of H-pyrrole nitrogens is 1. The number of fused-ring (bicyclic) bond motifs is 1. The summed E-state index contributed by atoms with van der Waals surface area (Å²) in [6.07, 6.45) is 1.04. The predicted octanol–water partition coefficient (Wildman–Crippen LogP) is 2.62. The van der Waals surface area contributed by atoms with Gasteiger partial charge in [0.15, 0.2) is 0 Å². The lowest BCUT2D eigenvalue weighted by Crippen LogP contribution is -1.88. The Hall–Kier alpha value is -1.44. The van der Waals surface area contributed by atoms with Gasteiger partial charge in [0.2, 0.25) is 0 Å². The average Bonchev–Trinajstić information content (AvgIpc) is 2.48. The molecule has 0 aliphatic heterocycles. The van der Waals surface area contributed by atoms with Crippen molar-refractivity contribution in [1.82, 2.24) is 4.98 Å². The van der Waals surface area contributed by atoms with E-state index in [0.717, 1.165) is 23.2 Å². The first-order chi connectivity index (χ1) is 6.20. The number of anilines is 1. The third kappa shape index (κ3) is 1.28. The van der Waals surface area contributed by atoms with Crippen molar-refractivity contribution in [3.8, 4) is 0 Å². The van der Waals surface area contributed by atoms with Crippen LogP contribution in [-0.4, -0.2) is 4.98 Å². The van der Waals surface area contributed by atoms with Gasteiger partial charge in [0, 0.05) is 22.3 Å². The van der Waals surface area contributed by atoms with Crippen LogP contribution in [0.5, 0.6) is 0 Å². The Kier molecular flexibility index (Phi) is 1.76. The Morgan fingerprint density at radius 1 is 1.31 bits per heavy atom. The first-order valence-corrected chi connectivity index (χ1v) is 4.58. The van der Waals surface area contributed by atoms with Gasteiger partial charge in [-0.1, -0.05) is 6.92 Å². The molecule has 2 nitrogen and oxygen atoms in total. The molecule has 0 amide bonds. The third-order valence-corrected chi connectivity index (χ3v) is 2.44. The summed E-state index contributed by atoms with van der Waals surface area (Å²) in [6.45, 7) is 4.17. The van der Waals surface area contributed by atoms with Gasteiger partial charge in [-0.2, -0.15) is 0 Å². The molecule has 2 heteroatoms. The number of nitrogens with one attached hydrogen (secondary N) is 1. The van der Waals surface area contributed by atoms with E-state index in [1.54, 1.807) is 0 Å². The lowest BCUT2D eigenvalue weighted by Gasteiger charge is -1.98. The number of nitrogens with two attached hydrogens (primary N) is 1. The summed E-state index contributed by atoms with van der Waals surface area (Å²) in [5.41, 5.74) is 10.2. The maximum absolute atomic E-state index is 5.82. The van der Waals surface area contributed by atoms with Gasteiger partial charge in [0.1, 0.15) is 0 Å². The second-order valence-electron chi connectivity index (χ2n) is 3.44. The molecule has 0 atom stereocenters. The van der Waals surface area contributed by atoms with Gasteiger partial charge in [-0.05, 0) is 37.1 Å². The number of aromatic nitrogens is 1. The van der Waals surface area contributed by atoms with Crippen molar-refractivity contribution in [2.24, 2.45) is 0 Å². The summed E-state index contributed by atoms with van der Waals surface area (Å²) in [4.78, 5) is 3.33. The molecule has 1 aromatic heterocycles. The lowest BCUT2D eigenvalue weighted by atomic mass is 10.1. The topological polar surface area (TPSA) is 41.8 Å². The molecular formula is C11H14N2. The smallest absolute Gasteiger partial charge is 0.0476 e. The maximum atomic E-state index is 5.82. The van der Waals surface area contributed by atoms with Crippen molar-refractivity contribution in [1.29, 1.82) is 0 Å². The molecule has 0 aliphatic carbocycles. The van der Waals surface area contributed by atoms with Gasteiger partial charge in [-0.25, -0.2) is 0 Å². The van der Waals surface area contributed by atoms with Crippen molar-refractivity contribution in [3.05, 3.63) is 29.5 Å². The minimum atomic E-state index is 0.858. The lowest BCUT2D eigenvalue weighted by molar-refractivity contribution is 1.07. The molecular weight excluding hydrogens is 160 g/mol. The number of aromatic amines is 1. The van der Waals surface area contributed by atoms with E-state index >= 15 is 0 Å². The van der Waals surface area contributed by atoms with E-state index in [1.165, 1.54) is 11.1 Å². The van der Waals surface area contributed by atoms with E-state index in [4.69, 9.17) is 5.73 Å². The summed E-state index contributed by atoms with van der Waals surface area (Å²) >= 11 is 0. The first-order valence-electron chi connectivity index (χ1n) is 4.58. The van der Waals surface area contributed by atoms with Crippen molar-refractivity contribution in [2.45, 2.75) is 20.3 Å². The average molecular weight is 174 g/mol. The minimum Gasteiger partial charge on any atom is -0.398 e. The molecule has 1 heterocycles. The number of aryl methyl sites for hydroxylation is 2. The summed E-state index contributed by atoms with van der Waals surface area (Å²) in [7, 11) is 0. The highest BCUT2D eigenvalue weighted by Gasteiger charge is 2.01. The fourth-order valence-corrected chi connectivity index (χ4v) is 1.56. The molecule has 0 bridgehead atoms. The maximum Gasteiger partial charge on any atom is 0.0476 e. The second kappa shape index (κ2) is 2.80. The highest BCUT2D eigenvalue weighted by molar-refractivity contribution is 5.84. The minimum absolute atomic E-state index is 0.858. The molecule has 13 heavy (non-hydrogen) atoms. The number of rotatable bonds is 1. The Morgan fingerprint density at radius 2 is 2.08 bits per heavy atom. The molecule has 0 aliphatic rings. The Balaban J connectivity index is 2.70. The molecule has 3 N–H and O–H groups in total. The molecule has 2 aromatic rings. The molecule has 68 valence electrons. The molecule has 0 radical (unpaired) electrons. The zero-order chi connectivity index (χ0) is 9.42. The SMILES string of the molecule is CCc1cc2cc(C)c(N)cc2[nH]1. The van der Waals surface area contributed by atoms with E-state index in [0.29, 0.717) is 0 Å². The van der Waals surface area contributed by atoms with Crippen LogP contribution >= 0.6 is 0 Å². The van der Waals surface area contributed by atoms with Gasteiger partial charge in [0.25, 0.3) is 0 Å². The Labute approximate surface area is 77.8 Å². The number of nitrogen functional groups attached to an aromatic ring is 1. The highest BCUT2D eigenvalue weighted by Crippen LogP contribution is 2.21. The summed E-state index contributed by atoms with van der Waals surface area (Å²) in [6, 6.07) is 6.31. The van der Waals surface area contributed by atoms with Crippen molar-refractivity contribution >= 4 is 16.6 Å². The fraction of sp³-hybridized carbons (Fsp3) is 0.273. The predicted molar refractivity (Wildman–Crippen MR) is 56.8 cm³/mol. The molecule has 0 unspecified atom stereocenters. The number of hydrogen-bond acceptors (Lipinski definition) is 1. The van der Waals surface area contributed by atoms with Crippen LogP contribution in [0.15, 0.2) is 18.2 Å². The summed E-state index contributed by atoms with van der Waals surface area (Å²) in [5, 5.41) is 1.25. The van der Waals surface area contributed by atoms with Crippen LogP contribution < -0.4 is 5.73 Å². The number of hydrogen-bond donors (Lipinski definition) is 2. The van der Waals surface area contributed by atoms with Gasteiger partial charge in [0.05, 0.1) is 0 Å². The van der Waals surface area contributed by atoms with Gasteiger partial charge >= 0.3 is 0 Å². The van der Waals surface area contributed by atoms with E-state index in [2.05, 4.69) is 24.0 Å². The Bertz CT molecular complexity index is 402. The Morgan fingerprint density at radius 3 is 2.77 bits per heavy atom. The van der Waals surface area contributed by atoms with Crippen molar-refractivity contribution in [3.63, 3.8) is 0 Å². The quantitative estimate of drug-likeness (QED) is 0.641. The molecule has 0 saturated heterocycles. The third-order valence-electron chi connectivity index (χ3n) is 2.44. The van der Waals surface area contributed by atoms with Crippen LogP contribution in [-0.2, 0) is 6.42 Å². The monoisotopic (exact) mass is 174 g/mol.